The van der Waals surface area contributed by atoms with E-state index >= 15 is 0 Å². The highest BCUT2D eigenvalue weighted by Crippen LogP contribution is 2.48. The van der Waals surface area contributed by atoms with E-state index in [1.165, 1.54) is 62.7 Å². The van der Waals surface area contributed by atoms with Gasteiger partial charge in [-0.3, -0.25) is 4.90 Å². The Morgan fingerprint density at radius 2 is 1.81 bits per heavy atom. The molecule has 2 heterocycles. The first-order chi connectivity index (χ1) is 12.9. The van der Waals surface area contributed by atoms with E-state index in [0.29, 0.717) is 11.5 Å². The first-order valence-corrected chi connectivity index (χ1v) is 10.7. The highest BCUT2D eigenvalue weighted by Gasteiger charge is 2.42. The van der Waals surface area contributed by atoms with Gasteiger partial charge in [0, 0.05) is 12.1 Å². The molecule has 2 aliphatic carbocycles. The Morgan fingerprint density at radius 1 is 1.07 bits per heavy atom. The van der Waals surface area contributed by atoms with Crippen LogP contribution >= 0.6 is 0 Å². The Hall–Kier alpha value is -1.68. The molecule has 0 unspecified atom stereocenters. The first-order valence-electron chi connectivity index (χ1n) is 10.7. The lowest BCUT2D eigenvalue weighted by Gasteiger charge is -2.38. The van der Waals surface area contributed by atoms with Gasteiger partial charge in [-0.2, -0.15) is 5.10 Å². The monoisotopic (exact) mass is 364 g/mol. The third-order valence-electron chi connectivity index (χ3n) is 6.87. The summed E-state index contributed by atoms with van der Waals surface area (Å²) in [5.41, 5.74) is 3.39. The maximum Gasteiger partial charge on any atom is 0.165 e. The number of benzene rings is 1. The Kier molecular flexibility index (Phi) is 3.98. The fraction of sp³-hybridized carbons (Fsp3) is 0.652. The van der Waals surface area contributed by atoms with Crippen LogP contribution in [-0.2, 0) is 12.0 Å². The third-order valence-corrected chi connectivity index (χ3v) is 6.87. The number of nitrogens with zero attached hydrogens (tertiary/aromatic N) is 4. The number of aromatic nitrogens is 3. The fourth-order valence-electron chi connectivity index (χ4n) is 4.77. The summed E-state index contributed by atoms with van der Waals surface area (Å²) in [5.74, 6) is 2.07. The summed E-state index contributed by atoms with van der Waals surface area (Å²) in [4.78, 5) is 7.58. The van der Waals surface area contributed by atoms with E-state index in [0.717, 1.165) is 18.2 Å². The van der Waals surface area contributed by atoms with Gasteiger partial charge in [0.15, 0.2) is 11.6 Å². The van der Waals surface area contributed by atoms with Crippen LogP contribution in [0, 0.1) is 5.41 Å². The largest absolute Gasteiger partial charge is 0.295 e. The predicted molar refractivity (Wildman–Crippen MR) is 109 cm³/mol. The van der Waals surface area contributed by atoms with Gasteiger partial charge in [0.25, 0.3) is 0 Å². The van der Waals surface area contributed by atoms with Gasteiger partial charge in [0.1, 0.15) is 0 Å². The lowest BCUT2D eigenvalue weighted by atomic mass is 9.68. The molecule has 5 rings (SSSR count). The second kappa shape index (κ2) is 6.16. The maximum atomic E-state index is 5.00. The van der Waals surface area contributed by atoms with Crippen molar-refractivity contribution in [3.05, 3.63) is 35.7 Å². The van der Waals surface area contributed by atoms with Crippen LogP contribution in [-0.4, -0.2) is 32.8 Å². The molecule has 1 aromatic heterocycles. The molecule has 4 heteroatoms. The molecule has 0 amide bonds. The zero-order valence-corrected chi connectivity index (χ0v) is 17.0. The minimum Gasteiger partial charge on any atom is -0.295 e. The maximum absolute atomic E-state index is 5.00. The molecule has 144 valence electrons. The summed E-state index contributed by atoms with van der Waals surface area (Å²) in [6.07, 6.45) is 8.14. The molecular formula is C23H32N4. The summed E-state index contributed by atoms with van der Waals surface area (Å²) < 4.78 is 2.20. The molecular weight excluding hydrogens is 332 g/mol. The lowest BCUT2D eigenvalue weighted by molar-refractivity contribution is 0.136. The molecule has 0 bridgehead atoms. The van der Waals surface area contributed by atoms with Gasteiger partial charge in [-0.15, -0.1) is 0 Å². The fourth-order valence-corrected chi connectivity index (χ4v) is 4.77. The Bertz CT molecular complexity index is 819. The van der Waals surface area contributed by atoms with Crippen LogP contribution in [0.4, 0.5) is 0 Å². The minimum atomic E-state index is 0.182. The lowest BCUT2D eigenvalue weighted by Crippen LogP contribution is -2.33. The summed E-state index contributed by atoms with van der Waals surface area (Å²) >= 11 is 0. The molecule has 1 saturated heterocycles. The van der Waals surface area contributed by atoms with Crippen molar-refractivity contribution in [3.8, 4) is 11.4 Å². The minimum absolute atomic E-state index is 0.182. The van der Waals surface area contributed by atoms with Crippen molar-refractivity contribution in [2.75, 3.05) is 13.1 Å². The number of likely N-dealkylation sites (tertiary alicyclic amines) is 1. The first kappa shape index (κ1) is 17.4. The van der Waals surface area contributed by atoms with Crippen LogP contribution < -0.4 is 0 Å². The quantitative estimate of drug-likeness (QED) is 0.769. The topological polar surface area (TPSA) is 34.0 Å². The van der Waals surface area contributed by atoms with E-state index in [2.05, 4.69) is 54.6 Å². The Labute approximate surface area is 163 Å². The molecule has 2 aromatic rings. The van der Waals surface area contributed by atoms with Gasteiger partial charge < -0.3 is 0 Å². The van der Waals surface area contributed by atoms with E-state index in [4.69, 9.17) is 10.1 Å². The molecule has 1 aromatic carbocycles. The van der Waals surface area contributed by atoms with Crippen molar-refractivity contribution in [3.63, 3.8) is 0 Å². The van der Waals surface area contributed by atoms with Crippen molar-refractivity contribution in [2.45, 2.75) is 77.3 Å². The molecule has 0 N–H and O–H groups in total. The van der Waals surface area contributed by atoms with Gasteiger partial charge in [-0.05, 0) is 55.0 Å². The molecule has 0 radical (unpaired) electrons. The van der Waals surface area contributed by atoms with Gasteiger partial charge in [0.05, 0.1) is 12.6 Å². The molecule has 3 fully saturated rings. The van der Waals surface area contributed by atoms with Crippen LogP contribution in [0.25, 0.3) is 11.4 Å². The van der Waals surface area contributed by atoms with E-state index in [-0.39, 0.29) is 5.41 Å². The number of hydrogen-bond donors (Lipinski definition) is 0. The summed E-state index contributed by atoms with van der Waals surface area (Å²) in [6, 6.07) is 9.52. The van der Waals surface area contributed by atoms with E-state index in [1.54, 1.807) is 0 Å². The Morgan fingerprint density at radius 3 is 2.37 bits per heavy atom. The van der Waals surface area contributed by atoms with Crippen LogP contribution in [0.5, 0.6) is 0 Å². The van der Waals surface area contributed by atoms with Gasteiger partial charge >= 0.3 is 0 Å². The normalized spacial score (nSPS) is 22.3. The van der Waals surface area contributed by atoms with Crippen molar-refractivity contribution >= 4 is 0 Å². The molecule has 1 aliphatic heterocycles. The van der Waals surface area contributed by atoms with E-state index in [9.17, 15) is 0 Å². The number of rotatable bonds is 4. The average molecular weight is 365 g/mol. The zero-order chi connectivity index (χ0) is 18.6. The smallest absolute Gasteiger partial charge is 0.165 e. The van der Waals surface area contributed by atoms with E-state index < -0.39 is 0 Å². The highest BCUT2D eigenvalue weighted by molar-refractivity contribution is 5.56. The van der Waals surface area contributed by atoms with Crippen LogP contribution in [0.2, 0.25) is 0 Å². The molecule has 4 nitrogen and oxygen atoms in total. The van der Waals surface area contributed by atoms with Crippen molar-refractivity contribution in [1.29, 1.82) is 0 Å². The van der Waals surface area contributed by atoms with Gasteiger partial charge in [0.2, 0.25) is 0 Å². The van der Waals surface area contributed by atoms with Crippen molar-refractivity contribution < 1.29 is 0 Å². The zero-order valence-electron chi connectivity index (χ0n) is 17.0. The number of hydrogen-bond acceptors (Lipinski definition) is 3. The summed E-state index contributed by atoms with van der Waals surface area (Å²) in [6.45, 7) is 10.2. The predicted octanol–water partition coefficient (Wildman–Crippen LogP) is 4.95. The summed E-state index contributed by atoms with van der Waals surface area (Å²) in [5, 5.41) is 4.94. The average Bonchev–Trinajstić information content (AvgIpc) is 3.22. The molecule has 3 aliphatic rings. The van der Waals surface area contributed by atoms with Crippen LogP contribution in [0.3, 0.4) is 0 Å². The van der Waals surface area contributed by atoms with Crippen LogP contribution in [0.15, 0.2) is 24.3 Å². The van der Waals surface area contributed by atoms with Gasteiger partial charge in [-0.25, -0.2) is 9.67 Å². The molecule has 2 saturated carbocycles. The molecule has 1 spiro atoms. The summed E-state index contributed by atoms with van der Waals surface area (Å²) in [7, 11) is 0. The Balaban J connectivity index is 1.38. The van der Waals surface area contributed by atoms with Gasteiger partial charge in [-0.1, -0.05) is 51.5 Å². The second-order valence-corrected chi connectivity index (χ2v) is 10.2. The second-order valence-electron chi connectivity index (χ2n) is 10.2. The standard InChI is InChI=1S/C23H32N4/c1-22(2,3)18-7-5-17(6-8-18)21-24-20(25-27(21)19-9-10-19)15-26-14-13-23(16-26)11-4-12-23/h5-8,19H,4,9-16H2,1-3H3. The highest BCUT2D eigenvalue weighted by atomic mass is 15.4. The van der Waals surface area contributed by atoms with Crippen LogP contribution in [0.1, 0.15) is 76.7 Å². The van der Waals surface area contributed by atoms with E-state index in [1.807, 2.05) is 0 Å². The third kappa shape index (κ3) is 3.33. The molecule has 27 heavy (non-hydrogen) atoms. The SMILES string of the molecule is CC(C)(C)c1ccc(-c2nc(CN3CCC4(CCC4)C3)nn2C2CC2)cc1. The van der Waals surface area contributed by atoms with Crippen molar-refractivity contribution in [1.82, 2.24) is 19.7 Å². The molecule has 0 atom stereocenters. The van der Waals surface area contributed by atoms with Crippen molar-refractivity contribution in [2.24, 2.45) is 5.41 Å².